The topological polar surface area (TPSA) is 128 Å². The fourth-order valence-electron chi connectivity index (χ4n) is 2.87. The summed E-state index contributed by atoms with van der Waals surface area (Å²) < 4.78 is 0. The van der Waals surface area contributed by atoms with Gasteiger partial charge in [0.25, 0.3) is 5.97 Å². The lowest BCUT2D eigenvalue weighted by molar-refractivity contribution is -0.134. The summed E-state index contributed by atoms with van der Waals surface area (Å²) in [6.07, 6.45) is 1.47. The Labute approximate surface area is 194 Å². The molecule has 9 heteroatoms. The molecule has 0 radical (unpaired) electrons. The molecule has 4 aromatic rings. The molecule has 0 atom stereocenters. The lowest BCUT2D eigenvalue weighted by atomic mass is 10.1. The number of anilines is 1. The molecule has 4 N–H and O–H groups in total. The van der Waals surface area contributed by atoms with Crippen LogP contribution in [0.4, 0.5) is 5.82 Å². The number of carbonyl (C=O) groups is 1. The number of rotatable bonds is 4. The summed E-state index contributed by atoms with van der Waals surface area (Å²) in [5.74, 6) is 0.250. The standard InChI is InChI=1S/C22H17ClN4O2.C2H4O2/c1-13-19(28)11-8-15(20(13)29)12-24-27-22-17-4-2-3-5-18(17)25-21(26-22)14-6-9-16(23)10-7-14;1-2(3)4/h2-12,28-29H,1H3,(H,25,26,27);1H3,(H,3,4)/b24-12+;. The van der Waals surface area contributed by atoms with Gasteiger partial charge in [0, 0.05) is 34.0 Å². The molecule has 3 aromatic carbocycles. The van der Waals surface area contributed by atoms with E-state index >= 15 is 0 Å². The highest BCUT2D eigenvalue weighted by atomic mass is 35.5. The lowest BCUT2D eigenvalue weighted by Gasteiger charge is -2.09. The summed E-state index contributed by atoms with van der Waals surface area (Å²) >= 11 is 5.98. The summed E-state index contributed by atoms with van der Waals surface area (Å²) in [5.41, 5.74) is 5.41. The molecule has 0 saturated heterocycles. The third kappa shape index (κ3) is 5.96. The van der Waals surface area contributed by atoms with Gasteiger partial charge in [-0.1, -0.05) is 23.7 Å². The van der Waals surface area contributed by atoms with E-state index in [0.29, 0.717) is 27.8 Å². The van der Waals surface area contributed by atoms with Crippen LogP contribution in [0.2, 0.25) is 5.02 Å². The largest absolute Gasteiger partial charge is 0.508 e. The molecule has 0 unspecified atom stereocenters. The monoisotopic (exact) mass is 464 g/mol. The van der Waals surface area contributed by atoms with Gasteiger partial charge in [-0.3, -0.25) is 10.2 Å². The molecule has 1 heterocycles. The van der Waals surface area contributed by atoms with Crippen molar-refractivity contribution in [2.45, 2.75) is 13.8 Å². The molecule has 1 aromatic heterocycles. The van der Waals surface area contributed by atoms with Crippen LogP contribution in [0.5, 0.6) is 11.5 Å². The summed E-state index contributed by atoms with van der Waals surface area (Å²) in [7, 11) is 0. The van der Waals surface area contributed by atoms with Crippen molar-refractivity contribution in [2.75, 3.05) is 5.43 Å². The highest BCUT2D eigenvalue weighted by Crippen LogP contribution is 2.29. The van der Waals surface area contributed by atoms with Crippen molar-refractivity contribution in [2.24, 2.45) is 5.10 Å². The number of hydrogen-bond donors (Lipinski definition) is 4. The number of fused-ring (bicyclic) bond motifs is 1. The van der Waals surface area contributed by atoms with Crippen LogP contribution < -0.4 is 5.43 Å². The number of benzene rings is 3. The molecule has 0 bridgehead atoms. The predicted molar refractivity (Wildman–Crippen MR) is 129 cm³/mol. The Morgan fingerprint density at radius 2 is 1.70 bits per heavy atom. The van der Waals surface area contributed by atoms with E-state index in [9.17, 15) is 10.2 Å². The number of nitrogens with zero attached hydrogens (tertiary/aromatic N) is 3. The van der Waals surface area contributed by atoms with Crippen LogP contribution in [0.25, 0.3) is 22.3 Å². The minimum Gasteiger partial charge on any atom is -0.508 e. The highest BCUT2D eigenvalue weighted by molar-refractivity contribution is 6.30. The van der Waals surface area contributed by atoms with Gasteiger partial charge >= 0.3 is 0 Å². The summed E-state index contributed by atoms with van der Waals surface area (Å²) in [5, 5.41) is 32.9. The fraction of sp³-hybridized carbons (Fsp3) is 0.0833. The third-order valence-electron chi connectivity index (χ3n) is 4.51. The number of aromatic nitrogens is 2. The number of aliphatic carboxylic acids is 1. The number of phenolic OH excluding ortho intramolecular Hbond substituents is 2. The van der Waals surface area contributed by atoms with E-state index in [1.165, 1.54) is 12.3 Å². The molecule has 0 aliphatic rings. The molecule has 0 aliphatic heterocycles. The van der Waals surface area contributed by atoms with Crippen LogP contribution in [0, 0.1) is 6.92 Å². The first-order valence-electron chi connectivity index (χ1n) is 9.79. The Morgan fingerprint density at radius 3 is 2.39 bits per heavy atom. The van der Waals surface area contributed by atoms with Crippen LogP contribution in [-0.4, -0.2) is 37.5 Å². The second-order valence-electron chi connectivity index (χ2n) is 6.96. The zero-order chi connectivity index (χ0) is 24.0. The number of phenols is 2. The molecule has 8 nitrogen and oxygen atoms in total. The van der Waals surface area contributed by atoms with E-state index in [0.717, 1.165) is 23.4 Å². The minimum absolute atomic E-state index is 0.0232. The molecule has 0 fully saturated rings. The van der Waals surface area contributed by atoms with Gasteiger partial charge in [-0.05, 0) is 55.5 Å². The number of carboxylic acids is 1. The second kappa shape index (κ2) is 10.4. The van der Waals surface area contributed by atoms with E-state index in [2.05, 4.69) is 20.5 Å². The van der Waals surface area contributed by atoms with Gasteiger partial charge in [-0.2, -0.15) is 5.10 Å². The molecular formula is C24H21ClN4O4. The first-order chi connectivity index (χ1) is 15.8. The molecule has 168 valence electrons. The summed E-state index contributed by atoms with van der Waals surface area (Å²) in [6.45, 7) is 2.71. The number of aromatic hydroxyl groups is 2. The fourth-order valence-corrected chi connectivity index (χ4v) is 2.99. The van der Waals surface area contributed by atoms with Gasteiger partial charge in [0.05, 0.1) is 11.7 Å². The van der Waals surface area contributed by atoms with Crippen molar-refractivity contribution in [1.82, 2.24) is 9.97 Å². The summed E-state index contributed by atoms with van der Waals surface area (Å²) in [6, 6.07) is 18.0. The molecule has 0 amide bonds. The maximum absolute atomic E-state index is 10.1. The molecule has 33 heavy (non-hydrogen) atoms. The van der Waals surface area contributed by atoms with Crippen molar-refractivity contribution in [3.05, 3.63) is 76.8 Å². The lowest BCUT2D eigenvalue weighted by Crippen LogP contribution is -1.99. The first-order valence-corrected chi connectivity index (χ1v) is 10.2. The van der Waals surface area contributed by atoms with E-state index in [-0.39, 0.29) is 11.5 Å². The Balaban J connectivity index is 0.000000709. The number of hydrogen-bond acceptors (Lipinski definition) is 7. The van der Waals surface area contributed by atoms with Crippen molar-refractivity contribution in [3.8, 4) is 22.9 Å². The molecule has 4 rings (SSSR count). The maximum Gasteiger partial charge on any atom is 0.300 e. The van der Waals surface area contributed by atoms with Gasteiger partial charge in [-0.25, -0.2) is 9.97 Å². The van der Waals surface area contributed by atoms with E-state index < -0.39 is 5.97 Å². The first kappa shape index (κ1) is 23.5. The van der Waals surface area contributed by atoms with Crippen molar-refractivity contribution in [3.63, 3.8) is 0 Å². The number of para-hydroxylation sites is 1. The van der Waals surface area contributed by atoms with Gasteiger partial charge in [0.2, 0.25) is 0 Å². The van der Waals surface area contributed by atoms with Crippen LogP contribution in [0.1, 0.15) is 18.1 Å². The van der Waals surface area contributed by atoms with Crippen LogP contribution in [0.3, 0.4) is 0 Å². The minimum atomic E-state index is -0.833. The normalized spacial score (nSPS) is 10.6. The zero-order valence-electron chi connectivity index (χ0n) is 17.8. The van der Waals surface area contributed by atoms with Gasteiger partial charge in [0.1, 0.15) is 11.5 Å². The number of nitrogens with one attached hydrogen (secondary N) is 1. The Bertz CT molecular complexity index is 1320. The maximum atomic E-state index is 10.1. The molecule has 0 saturated carbocycles. The molecule has 0 aliphatic carbocycles. The average molecular weight is 465 g/mol. The zero-order valence-corrected chi connectivity index (χ0v) is 18.6. The highest BCUT2D eigenvalue weighted by Gasteiger charge is 2.10. The number of carboxylic acid groups (broad SMARTS) is 1. The van der Waals surface area contributed by atoms with Crippen molar-refractivity contribution < 1.29 is 20.1 Å². The van der Waals surface area contributed by atoms with Crippen molar-refractivity contribution in [1.29, 1.82) is 0 Å². The van der Waals surface area contributed by atoms with Gasteiger partial charge in [-0.15, -0.1) is 0 Å². The third-order valence-corrected chi connectivity index (χ3v) is 4.77. The molecular weight excluding hydrogens is 444 g/mol. The van der Waals surface area contributed by atoms with E-state index in [1.807, 2.05) is 36.4 Å². The summed E-state index contributed by atoms with van der Waals surface area (Å²) in [4.78, 5) is 18.2. The van der Waals surface area contributed by atoms with Gasteiger partial charge in [0.15, 0.2) is 11.6 Å². The molecule has 0 spiro atoms. The Kier molecular flexibility index (Phi) is 7.42. The van der Waals surface area contributed by atoms with Crippen LogP contribution in [0.15, 0.2) is 65.8 Å². The van der Waals surface area contributed by atoms with Gasteiger partial charge < -0.3 is 15.3 Å². The smallest absolute Gasteiger partial charge is 0.300 e. The van der Waals surface area contributed by atoms with Crippen molar-refractivity contribution >= 4 is 40.5 Å². The van der Waals surface area contributed by atoms with E-state index in [4.69, 9.17) is 21.5 Å². The average Bonchev–Trinajstić information content (AvgIpc) is 2.79. The number of hydrazone groups is 1. The SMILES string of the molecule is CC(=O)O.Cc1c(O)ccc(/C=N/Nc2nc(-c3ccc(Cl)cc3)nc3ccccc23)c1O. The quantitative estimate of drug-likeness (QED) is 0.241. The predicted octanol–water partition coefficient (Wildman–Crippen LogP) is 5.21. The number of halogens is 1. The van der Waals surface area contributed by atoms with Crippen LogP contribution >= 0.6 is 11.6 Å². The van der Waals surface area contributed by atoms with E-state index in [1.54, 1.807) is 25.1 Å². The Hall–Kier alpha value is -4.17. The van der Waals surface area contributed by atoms with Crippen LogP contribution in [-0.2, 0) is 4.79 Å². The Morgan fingerprint density at radius 1 is 1.03 bits per heavy atom. The second-order valence-corrected chi connectivity index (χ2v) is 7.39.